The molecule has 1 fully saturated rings. The van der Waals surface area contributed by atoms with E-state index in [1.54, 1.807) is 7.05 Å². The molecule has 5 nitrogen and oxygen atoms in total. The van der Waals surface area contributed by atoms with Gasteiger partial charge in [0.05, 0.1) is 6.61 Å². The van der Waals surface area contributed by atoms with Crippen LogP contribution in [0.2, 0.25) is 0 Å². The molecular formula is C16H26N2O3S. The Morgan fingerprint density at radius 2 is 1.77 bits per heavy atom. The van der Waals surface area contributed by atoms with Crippen LogP contribution in [0, 0.1) is 0 Å². The van der Waals surface area contributed by atoms with Crippen molar-refractivity contribution in [3.05, 3.63) is 35.9 Å². The van der Waals surface area contributed by atoms with E-state index in [-0.39, 0.29) is 19.2 Å². The van der Waals surface area contributed by atoms with E-state index in [1.807, 2.05) is 30.3 Å². The minimum atomic E-state index is -3.55. The molecule has 1 aliphatic rings. The maximum absolute atomic E-state index is 12.9. The largest absolute Gasteiger partial charge is 0.395 e. The summed E-state index contributed by atoms with van der Waals surface area (Å²) in [6, 6.07) is 9.58. The van der Waals surface area contributed by atoms with Crippen molar-refractivity contribution in [3.63, 3.8) is 0 Å². The lowest BCUT2D eigenvalue weighted by Crippen LogP contribution is -2.47. The summed E-state index contributed by atoms with van der Waals surface area (Å²) in [4.78, 5) is 0. The lowest BCUT2D eigenvalue weighted by molar-refractivity contribution is 0.226. The van der Waals surface area contributed by atoms with Crippen LogP contribution in [0.5, 0.6) is 0 Å². The van der Waals surface area contributed by atoms with Crippen LogP contribution >= 0.6 is 0 Å². The van der Waals surface area contributed by atoms with Crippen LogP contribution in [0.1, 0.15) is 37.7 Å². The molecule has 0 saturated heterocycles. The Morgan fingerprint density at radius 1 is 1.14 bits per heavy atom. The molecule has 0 radical (unpaired) electrons. The summed E-state index contributed by atoms with van der Waals surface area (Å²) >= 11 is 0. The van der Waals surface area contributed by atoms with E-state index < -0.39 is 10.2 Å². The highest BCUT2D eigenvalue weighted by molar-refractivity contribution is 7.86. The molecule has 124 valence electrons. The first-order chi connectivity index (χ1) is 10.6. The lowest BCUT2D eigenvalue weighted by atomic mass is 9.96. The third kappa shape index (κ3) is 4.29. The molecule has 0 bridgehead atoms. The van der Waals surface area contributed by atoms with E-state index in [4.69, 9.17) is 0 Å². The molecule has 0 aliphatic heterocycles. The highest BCUT2D eigenvalue weighted by Gasteiger charge is 2.32. The van der Waals surface area contributed by atoms with Crippen molar-refractivity contribution in [2.24, 2.45) is 0 Å². The van der Waals surface area contributed by atoms with Crippen molar-refractivity contribution in [1.29, 1.82) is 0 Å². The SMILES string of the molecule is CN(C1CCCCC1)S(=O)(=O)N(CCO)Cc1ccccc1. The van der Waals surface area contributed by atoms with Crippen molar-refractivity contribution in [2.45, 2.75) is 44.7 Å². The van der Waals surface area contributed by atoms with E-state index in [0.29, 0.717) is 6.54 Å². The van der Waals surface area contributed by atoms with Gasteiger partial charge in [0.25, 0.3) is 10.2 Å². The van der Waals surface area contributed by atoms with Gasteiger partial charge >= 0.3 is 0 Å². The van der Waals surface area contributed by atoms with Crippen LogP contribution in [0.15, 0.2) is 30.3 Å². The van der Waals surface area contributed by atoms with Crippen LogP contribution in [-0.4, -0.2) is 48.4 Å². The Morgan fingerprint density at radius 3 is 2.36 bits per heavy atom. The average molecular weight is 326 g/mol. The highest BCUT2D eigenvalue weighted by Crippen LogP contribution is 2.25. The van der Waals surface area contributed by atoms with Gasteiger partial charge in [0, 0.05) is 26.2 Å². The first-order valence-electron chi connectivity index (χ1n) is 7.93. The molecule has 0 spiro atoms. The maximum Gasteiger partial charge on any atom is 0.282 e. The molecule has 0 amide bonds. The molecule has 1 aromatic rings. The predicted octanol–water partition coefficient (Wildman–Crippen LogP) is 1.99. The monoisotopic (exact) mass is 326 g/mol. The number of aliphatic hydroxyl groups is 1. The van der Waals surface area contributed by atoms with E-state index in [0.717, 1.165) is 31.2 Å². The molecule has 0 aromatic heterocycles. The summed E-state index contributed by atoms with van der Waals surface area (Å²) in [5.41, 5.74) is 0.927. The number of hydrogen-bond acceptors (Lipinski definition) is 3. The number of aliphatic hydroxyl groups excluding tert-OH is 1. The van der Waals surface area contributed by atoms with E-state index in [1.165, 1.54) is 15.0 Å². The lowest BCUT2D eigenvalue weighted by Gasteiger charge is -2.34. The minimum Gasteiger partial charge on any atom is -0.395 e. The Labute approximate surface area is 133 Å². The molecule has 0 heterocycles. The summed E-state index contributed by atoms with van der Waals surface area (Å²) in [5.74, 6) is 0. The summed E-state index contributed by atoms with van der Waals surface area (Å²) in [7, 11) is -1.89. The first-order valence-corrected chi connectivity index (χ1v) is 9.33. The van der Waals surface area contributed by atoms with Crippen molar-refractivity contribution in [1.82, 2.24) is 8.61 Å². The zero-order valence-corrected chi connectivity index (χ0v) is 14.0. The Hall–Kier alpha value is -0.950. The fourth-order valence-corrected chi connectivity index (χ4v) is 4.57. The molecule has 0 unspecified atom stereocenters. The summed E-state index contributed by atoms with van der Waals surface area (Å²) in [6.07, 6.45) is 5.21. The van der Waals surface area contributed by atoms with Gasteiger partial charge in [-0.2, -0.15) is 17.0 Å². The number of benzene rings is 1. The van der Waals surface area contributed by atoms with Gasteiger partial charge in [0.1, 0.15) is 0 Å². The summed E-state index contributed by atoms with van der Waals surface area (Å²) in [5, 5.41) is 9.25. The van der Waals surface area contributed by atoms with Crippen LogP contribution < -0.4 is 0 Å². The summed E-state index contributed by atoms with van der Waals surface area (Å²) < 4.78 is 28.6. The smallest absolute Gasteiger partial charge is 0.282 e. The maximum atomic E-state index is 12.9. The Balaban J connectivity index is 2.14. The van der Waals surface area contributed by atoms with Crippen molar-refractivity contribution in [2.75, 3.05) is 20.2 Å². The van der Waals surface area contributed by atoms with Gasteiger partial charge in [-0.25, -0.2) is 0 Å². The van der Waals surface area contributed by atoms with Gasteiger partial charge in [-0.1, -0.05) is 49.6 Å². The van der Waals surface area contributed by atoms with Gasteiger partial charge < -0.3 is 5.11 Å². The van der Waals surface area contributed by atoms with E-state index in [2.05, 4.69) is 0 Å². The molecule has 1 aliphatic carbocycles. The molecule has 2 rings (SSSR count). The van der Waals surface area contributed by atoms with Crippen molar-refractivity contribution >= 4 is 10.2 Å². The van der Waals surface area contributed by atoms with Gasteiger partial charge in [-0.15, -0.1) is 0 Å². The molecule has 0 atom stereocenters. The second-order valence-corrected chi connectivity index (χ2v) is 7.85. The fraction of sp³-hybridized carbons (Fsp3) is 0.625. The normalized spacial score (nSPS) is 17.3. The Bertz CT molecular complexity index is 542. The van der Waals surface area contributed by atoms with Crippen LogP contribution in [0.25, 0.3) is 0 Å². The van der Waals surface area contributed by atoms with Crippen LogP contribution in [0.3, 0.4) is 0 Å². The first kappa shape index (κ1) is 17.4. The molecule has 1 N–H and O–H groups in total. The van der Waals surface area contributed by atoms with Crippen molar-refractivity contribution < 1.29 is 13.5 Å². The number of hydrogen-bond donors (Lipinski definition) is 1. The van der Waals surface area contributed by atoms with E-state index in [9.17, 15) is 13.5 Å². The number of nitrogens with zero attached hydrogens (tertiary/aromatic N) is 2. The topological polar surface area (TPSA) is 60.9 Å². The third-order valence-corrected chi connectivity index (χ3v) is 6.32. The minimum absolute atomic E-state index is 0.0794. The zero-order chi connectivity index (χ0) is 16.0. The average Bonchev–Trinajstić information content (AvgIpc) is 2.55. The Kier molecular flexibility index (Phi) is 6.37. The fourth-order valence-electron chi connectivity index (χ4n) is 2.99. The standard InChI is InChI=1S/C16H26N2O3S/c1-17(16-10-6-3-7-11-16)22(20,21)18(12-13-19)14-15-8-4-2-5-9-15/h2,4-5,8-9,16,19H,3,6-7,10-14H2,1H3. The van der Waals surface area contributed by atoms with Gasteiger partial charge in [0.15, 0.2) is 0 Å². The molecule has 6 heteroatoms. The molecular weight excluding hydrogens is 300 g/mol. The van der Waals surface area contributed by atoms with Gasteiger partial charge in [-0.3, -0.25) is 0 Å². The third-order valence-electron chi connectivity index (χ3n) is 4.33. The molecule has 1 aromatic carbocycles. The predicted molar refractivity (Wildman–Crippen MR) is 87.5 cm³/mol. The van der Waals surface area contributed by atoms with Crippen LogP contribution in [0.4, 0.5) is 0 Å². The second-order valence-electron chi connectivity index (χ2n) is 5.86. The van der Waals surface area contributed by atoms with Gasteiger partial charge in [0.2, 0.25) is 0 Å². The van der Waals surface area contributed by atoms with Crippen LogP contribution in [-0.2, 0) is 16.8 Å². The zero-order valence-electron chi connectivity index (χ0n) is 13.2. The quantitative estimate of drug-likeness (QED) is 0.833. The molecule has 1 saturated carbocycles. The van der Waals surface area contributed by atoms with E-state index >= 15 is 0 Å². The van der Waals surface area contributed by atoms with Gasteiger partial charge in [-0.05, 0) is 18.4 Å². The summed E-state index contributed by atoms with van der Waals surface area (Å²) in [6.45, 7) is 0.236. The highest BCUT2D eigenvalue weighted by atomic mass is 32.2. The number of rotatable bonds is 7. The van der Waals surface area contributed by atoms with Crippen molar-refractivity contribution in [3.8, 4) is 0 Å². The molecule has 22 heavy (non-hydrogen) atoms. The second kappa shape index (κ2) is 8.06.